The molecule has 0 radical (unpaired) electrons. The van der Waals surface area contributed by atoms with Crippen LogP contribution in [0.5, 0.6) is 0 Å². The average Bonchev–Trinajstić information content (AvgIpc) is 3.47. The number of benzene rings is 1. The zero-order valence-corrected chi connectivity index (χ0v) is 17.3. The fourth-order valence-electron chi connectivity index (χ4n) is 4.52. The van der Waals surface area contributed by atoms with Gasteiger partial charge in [0.05, 0.1) is 17.3 Å². The van der Waals surface area contributed by atoms with Crippen molar-refractivity contribution in [1.29, 1.82) is 0 Å². The molecule has 0 aliphatic carbocycles. The molecule has 3 aromatic rings. The fraction of sp³-hybridized carbons (Fsp3) is 0.409. The van der Waals surface area contributed by atoms with E-state index < -0.39 is 0 Å². The lowest BCUT2D eigenvalue weighted by atomic mass is 9.96. The SMILES string of the molecule is CC1Cc2ccccc2N1C(=O)C1CCCN(Cc2nc(-c3cccs3)no2)C1. The molecule has 1 aromatic carbocycles. The number of carbonyl (C=O) groups excluding carboxylic acids is 1. The molecule has 150 valence electrons. The number of piperidine rings is 1. The summed E-state index contributed by atoms with van der Waals surface area (Å²) >= 11 is 1.60. The second-order valence-electron chi connectivity index (χ2n) is 7.95. The first kappa shape index (κ1) is 18.5. The molecule has 2 aliphatic heterocycles. The number of hydrogen-bond acceptors (Lipinski definition) is 6. The normalized spacial score (nSPS) is 22.0. The molecule has 4 heterocycles. The van der Waals surface area contributed by atoms with Crippen LogP contribution in [-0.4, -0.2) is 40.1 Å². The molecule has 2 atom stereocenters. The molecular weight excluding hydrogens is 384 g/mol. The number of carbonyl (C=O) groups is 1. The third-order valence-corrected chi connectivity index (χ3v) is 6.73. The summed E-state index contributed by atoms with van der Waals surface area (Å²) in [5.74, 6) is 1.51. The van der Waals surface area contributed by atoms with Crippen LogP contribution < -0.4 is 4.90 Å². The van der Waals surface area contributed by atoms with Crippen molar-refractivity contribution in [3.8, 4) is 10.7 Å². The molecular formula is C22H24N4O2S. The number of likely N-dealkylation sites (tertiary alicyclic amines) is 1. The van der Waals surface area contributed by atoms with Gasteiger partial charge < -0.3 is 9.42 Å². The maximum atomic E-state index is 13.4. The third-order valence-electron chi connectivity index (χ3n) is 5.87. The van der Waals surface area contributed by atoms with E-state index in [1.807, 2.05) is 28.5 Å². The van der Waals surface area contributed by atoms with Gasteiger partial charge in [0.25, 0.3) is 0 Å². The Labute approximate surface area is 174 Å². The number of aromatic nitrogens is 2. The van der Waals surface area contributed by atoms with Crippen molar-refractivity contribution >= 4 is 22.9 Å². The van der Waals surface area contributed by atoms with E-state index in [1.54, 1.807) is 11.3 Å². The number of para-hydroxylation sites is 1. The predicted octanol–water partition coefficient (Wildman–Crippen LogP) is 3.99. The van der Waals surface area contributed by atoms with Crippen LogP contribution in [-0.2, 0) is 17.8 Å². The Bertz CT molecular complexity index is 1000. The van der Waals surface area contributed by atoms with Gasteiger partial charge in [-0.3, -0.25) is 9.69 Å². The van der Waals surface area contributed by atoms with Crippen molar-refractivity contribution in [3.05, 3.63) is 53.2 Å². The Balaban J connectivity index is 1.27. The van der Waals surface area contributed by atoms with E-state index in [2.05, 4.69) is 40.2 Å². The average molecular weight is 409 g/mol. The molecule has 29 heavy (non-hydrogen) atoms. The van der Waals surface area contributed by atoms with Gasteiger partial charge >= 0.3 is 0 Å². The fourth-order valence-corrected chi connectivity index (χ4v) is 5.16. The van der Waals surface area contributed by atoms with Crippen LogP contribution in [0.2, 0.25) is 0 Å². The highest BCUT2D eigenvalue weighted by atomic mass is 32.1. The van der Waals surface area contributed by atoms with Crippen LogP contribution in [0.15, 0.2) is 46.3 Å². The number of rotatable bonds is 4. The van der Waals surface area contributed by atoms with Crippen LogP contribution >= 0.6 is 11.3 Å². The van der Waals surface area contributed by atoms with Crippen molar-refractivity contribution < 1.29 is 9.32 Å². The quantitative estimate of drug-likeness (QED) is 0.653. The first-order chi connectivity index (χ1) is 14.2. The minimum Gasteiger partial charge on any atom is -0.338 e. The Hall–Kier alpha value is -2.51. The zero-order valence-electron chi connectivity index (χ0n) is 16.5. The van der Waals surface area contributed by atoms with E-state index in [0.29, 0.717) is 18.3 Å². The van der Waals surface area contributed by atoms with Crippen LogP contribution in [0.3, 0.4) is 0 Å². The second kappa shape index (κ2) is 7.72. The lowest BCUT2D eigenvalue weighted by Gasteiger charge is -2.34. The van der Waals surface area contributed by atoms with E-state index in [0.717, 1.165) is 42.9 Å². The Morgan fingerprint density at radius 3 is 3.03 bits per heavy atom. The Kier molecular flexibility index (Phi) is 4.93. The van der Waals surface area contributed by atoms with Gasteiger partial charge in [0, 0.05) is 18.3 Å². The highest BCUT2D eigenvalue weighted by molar-refractivity contribution is 7.13. The third kappa shape index (κ3) is 3.60. The number of anilines is 1. The largest absolute Gasteiger partial charge is 0.338 e. The molecule has 2 unspecified atom stereocenters. The standard InChI is InChI=1S/C22H24N4O2S/c1-15-12-16-6-2-3-8-18(16)26(15)22(27)17-7-4-10-25(13-17)14-20-23-21(24-28-20)19-9-5-11-29-19/h2-3,5-6,8-9,11,15,17H,4,7,10,12-14H2,1H3. The zero-order chi connectivity index (χ0) is 19.8. The molecule has 0 N–H and O–H groups in total. The monoisotopic (exact) mass is 408 g/mol. The maximum absolute atomic E-state index is 13.4. The molecule has 0 spiro atoms. The summed E-state index contributed by atoms with van der Waals surface area (Å²) in [6.45, 7) is 4.42. The molecule has 2 aromatic heterocycles. The van der Waals surface area contributed by atoms with Crippen molar-refractivity contribution in [3.63, 3.8) is 0 Å². The van der Waals surface area contributed by atoms with Crippen molar-refractivity contribution in [2.75, 3.05) is 18.0 Å². The molecule has 0 bridgehead atoms. The lowest BCUT2D eigenvalue weighted by Crippen LogP contribution is -2.46. The first-order valence-corrected chi connectivity index (χ1v) is 11.1. The predicted molar refractivity (Wildman–Crippen MR) is 113 cm³/mol. The van der Waals surface area contributed by atoms with Crippen molar-refractivity contribution in [2.45, 2.75) is 38.8 Å². The van der Waals surface area contributed by atoms with E-state index in [4.69, 9.17) is 4.52 Å². The first-order valence-electron chi connectivity index (χ1n) is 10.2. The van der Waals surface area contributed by atoms with Gasteiger partial charge in [-0.1, -0.05) is 29.4 Å². The molecule has 1 amide bonds. The van der Waals surface area contributed by atoms with Crippen LogP contribution in [0.4, 0.5) is 5.69 Å². The van der Waals surface area contributed by atoms with Crippen LogP contribution in [0.1, 0.15) is 31.2 Å². The van der Waals surface area contributed by atoms with Gasteiger partial charge in [-0.2, -0.15) is 4.98 Å². The summed E-state index contributed by atoms with van der Waals surface area (Å²) in [6.07, 6.45) is 2.88. The summed E-state index contributed by atoms with van der Waals surface area (Å²) in [6, 6.07) is 12.5. The molecule has 2 aliphatic rings. The van der Waals surface area contributed by atoms with Gasteiger partial charge in [0.15, 0.2) is 0 Å². The summed E-state index contributed by atoms with van der Waals surface area (Å²) in [4.78, 5) is 23.2. The Morgan fingerprint density at radius 2 is 2.17 bits per heavy atom. The number of amides is 1. The van der Waals surface area contributed by atoms with Crippen molar-refractivity contribution in [1.82, 2.24) is 15.0 Å². The highest BCUT2D eigenvalue weighted by Gasteiger charge is 2.36. The molecule has 7 heteroatoms. The minimum atomic E-state index is 0.0112. The van der Waals surface area contributed by atoms with E-state index in [-0.39, 0.29) is 17.9 Å². The van der Waals surface area contributed by atoms with Gasteiger partial charge in [0.1, 0.15) is 0 Å². The summed E-state index contributed by atoms with van der Waals surface area (Å²) in [7, 11) is 0. The molecule has 5 rings (SSSR count). The number of hydrogen-bond donors (Lipinski definition) is 0. The topological polar surface area (TPSA) is 62.5 Å². The van der Waals surface area contributed by atoms with Gasteiger partial charge in [0.2, 0.25) is 17.6 Å². The van der Waals surface area contributed by atoms with E-state index in [1.165, 1.54) is 5.56 Å². The Morgan fingerprint density at radius 1 is 1.28 bits per heavy atom. The minimum absolute atomic E-state index is 0.0112. The van der Waals surface area contributed by atoms with Crippen LogP contribution in [0.25, 0.3) is 10.7 Å². The maximum Gasteiger partial charge on any atom is 0.241 e. The summed E-state index contributed by atoms with van der Waals surface area (Å²) in [5.41, 5.74) is 2.35. The van der Waals surface area contributed by atoms with Gasteiger partial charge in [-0.15, -0.1) is 11.3 Å². The van der Waals surface area contributed by atoms with E-state index in [9.17, 15) is 4.79 Å². The highest BCUT2D eigenvalue weighted by Crippen LogP contribution is 2.34. The molecule has 6 nitrogen and oxygen atoms in total. The van der Waals surface area contributed by atoms with Crippen molar-refractivity contribution in [2.24, 2.45) is 5.92 Å². The number of thiophene rings is 1. The molecule has 0 saturated carbocycles. The van der Waals surface area contributed by atoms with Crippen LogP contribution in [0, 0.1) is 5.92 Å². The number of nitrogens with zero attached hydrogens (tertiary/aromatic N) is 4. The van der Waals surface area contributed by atoms with Gasteiger partial charge in [-0.05, 0) is 55.8 Å². The smallest absolute Gasteiger partial charge is 0.241 e. The molecule has 1 fully saturated rings. The summed E-state index contributed by atoms with van der Waals surface area (Å²) in [5, 5.41) is 6.10. The lowest BCUT2D eigenvalue weighted by molar-refractivity contribution is -0.124. The van der Waals surface area contributed by atoms with E-state index >= 15 is 0 Å². The second-order valence-corrected chi connectivity index (χ2v) is 8.90. The van der Waals surface area contributed by atoms with Gasteiger partial charge in [-0.25, -0.2) is 0 Å². The number of fused-ring (bicyclic) bond motifs is 1. The summed E-state index contributed by atoms with van der Waals surface area (Å²) < 4.78 is 5.46. The molecule has 1 saturated heterocycles.